The summed E-state index contributed by atoms with van der Waals surface area (Å²) in [6.45, 7) is -0.789. The molecule has 0 spiro atoms. The van der Waals surface area contributed by atoms with E-state index in [-0.39, 0.29) is 18.0 Å². The molecule has 1 amide bonds. The van der Waals surface area contributed by atoms with Gasteiger partial charge in [0.2, 0.25) is 5.91 Å². The van der Waals surface area contributed by atoms with Crippen molar-refractivity contribution >= 4 is 11.6 Å². The molecular formula is C21H20F2N6O2. The number of nitrogens with two attached hydrogens (primary N) is 1. The lowest BCUT2D eigenvalue weighted by Crippen LogP contribution is -2.30. The van der Waals surface area contributed by atoms with Crippen LogP contribution in [0.25, 0.3) is 16.8 Å². The van der Waals surface area contributed by atoms with Crippen LogP contribution in [0.3, 0.4) is 0 Å². The van der Waals surface area contributed by atoms with Gasteiger partial charge < -0.3 is 10.6 Å². The number of carbonyl (C=O) groups is 1. The number of hydrogen-bond donors (Lipinski definition) is 1. The van der Waals surface area contributed by atoms with Crippen molar-refractivity contribution in [1.29, 1.82) is 0 Å². The number of aromatic nitrogens is 4. The fourth-order valence-corrected chi connectivity index (χ4v) is 3.55. The maximum Gasteiger partial charge on any atom is 0.368 e. The van der Waals surface area contributed by atoms with E-state index in [2.05, 4.69) is 16.5 Å². The minimum atomic E-state index is -1.92. The Morgan fingerprint density at radius 1 is 1.03 bits per heavy atom. The van der Waals surface area contributed by atoms with Crippen molar-refractivity contribution in [3.05, 3.63) is 70.2 Å². The van der Waals surface area contributed by atoms with Gasteiger partial charge in [0.05, 0.1) is 12.2 Å². The van der Waals surface area contributed by atoms with Crippen molar-refractivity contribution in [3.8, 4) is 16.8 Å². The first-order valence-electron chi connectivity index (χ1n) is 9.65. The van der Waals surface area contributed by atoms with E-state index in [1.54, 1.807) is 24.1 Å². The van der Waals surface area contributed by atoms with Gasteiger partial charge in [0.1, 0.15) is 0 Å². The van der Waals surface area contributed by atoms with Crippen molar-refractivity contribution in [2.24, 2.45) is 5.73 Å². The van der Waals surface area contributed by atoms with Crippen LogP contribution in [0.2, 0.25) is 0 Å². The van der Waals surface area contributed by atoms with E-state index in [1.807, 2.05) is 24.3 Å². The van der Waals surface area contributed by atoms with Gasteiger partial charge >= 0.3 is 5.69 Å². The number of halogens is 2. The molecule has 0 aliphatic carbocycles. The zero-order chi connectivity index (χ0) is 22.1. The van der Waals surface area contributed by atoms with Gasteiger partial charge in [0.25, 0.3) is 6.08 Å². The van der Waals surface area contributed by atoms with Gasteiger partial charge in [0, 0.05) is 31.3 Å². The van der Waals surface area contributed by atoms with Gasteiger partial charge in [0.15, 0.2) is 0 Å². The highest BCUT2D eigenvalue weighted by Gasteiger charge is 2.21. The first-order valence-corrected chi connectivity index (χ1v) is 9.65. The molecule has 0 fully saturated rings. The van der Waals surface area contributed by atoms with Crippen molar-refractivity contribution < 1.29 is 13.6 Å². The molecule has 2 N–H and O–H groups in total. The second-order valence-corrected chi connectivity index (χ2v) is 7.24. The summed E-state index contributed by atoms with van der Waals surface area (Å²) in [5.74, 6) is 0.103. The van der Waals surface area contributed by atoms with E-state index in [0.29, 0.717) is 18.5 Å². The summed E-state index contributed by atoms with van der Waals surface area (Å²) >= 11 is 0. The van der Waals surface area contributed by atoms with E-state index in [1.165, 1.54) is 0 Å². The highest BCUT2D eigenvalue weighted by atomic mass is 19.3. The number of fused-ring (bicyclic) bond motifs is 1. The maximum atomic E-state index is 12.8. The molecule has 31 heavy (non-hydrogen) atoms. The predicted molar refractivity (Wildman–Crippen MR) is 111 cm³/mol. The van der Waals surface area contributed by atoms with Crippen molar-refractivity contribution in [3.63, 3.8) is 0 Å². The van der Waals surface area contributed by atoms with Crippen LogP contribution >= 0.6 is 0 Å². The Hall–Kier alpha value is -3.66. The molecule has 0 radical (unpaired) electrons. The molecule has 2 heterocycles. The topological polar surface area (TPSA) is 99.0 Å². The number of tetrazole rings is 1. The molecule has 3 aromatic rings. The van der Waals surface area contributed by atoms with Gasteiger partial charge in [-0.3, -0.25) is 4.79 Å². The van der Waals surface area contributed by atoms with Crippen LogP contribution in [0.15, 0.2) is 58.9 Å². The molecule has 4 rings (SSSR count). The lowest BCUT2D eigenvalue weighted by atomic mass is 9.96. The highest BCUT2D eigenvalue weighted by molar-refractivity contribution is 5.96. The fraction of sp³-hybridized carbons (Fsp3) is 0.238. The summed E-state index contributed by atoms with van der Waals surface area (Å²) in [6, 6.07) is 13.0. The van der Waals surface area contributed by atoms with Crippen LogP contribution in [0.5, 0.6) is 0 Å². The first kappa shape index (κ1) is 20.6. The number of amides is 1. The largest absolute Gasteiger partial charge is 0.368 e. The quantitative estimate of drug-likeness (QED) is 0.674. The Balaban J connectivity index is 1.59. The zero-order valence-electron chi connectivity index (χ0n) is 16.8. The Labute approximate surface area is 176 Å². The van der Waals surface area contributed by atoms with E-state index in [0.717, 1.165) is 31.7 Å². The van der Waals surface area contributed by atoms with Crippen LogP contribution in [-0.4, -0.2) is 39.3 Å². The van der Waals surface area contributed by atoms with Crippen LogP contribution < -0.4 is 16.3 Å². The van der Waals surface area contributed by atoms with Gasteiger partial charge in [-0.15, -0.1) is 0 Å². The van der Waals surface area contributed by atoms with Crippen LogP contribution in [0, 0.1) is 0 Å². The van der Waals surface area contributed by atoms with Gasteiger partial charge in [-0.1, -0.05) is 18.2 Å². The fourth-order valence-electron chi connectivity index (χ4n) is 3.55. The molecular weight excluding hydrogens is 406 g/mol. The molecule has 0 atom stereocenters. The lowest BCUT2D eigenvalue weighted by Gasteiger charge is -2.26. The van der Waals surface area contributed by atoms with Crippen LogP contribution in [-0.2, 0) is 17.8 Å². The molecule has 2 aromatic carbocycles. The number of nitrogens with zero attached hydrogens (tertiary/aromatic N) is 5. The molecule has 0 saturated heterocycles. The number of aryl methyl sites for hydroxylation is 1. The minimum absolute atomic E-state index is 0.103. The average molecular weight is 426 g/mol. The molecule has 0 bridgehead atoms. The Kier molecular flexibility index (Phi) is 5.47. The van der Waals surface area contributed by atoms with E-state index < -0.39 is 18.3 Å². The minimum Gasteiger partial charge on any atom is -0.327 e. The third-order valence-corrected chi connectivity index (χ3v) is 5.36. The molecule has 0 unspecified atom stereocenters. The Bertz CT molecular complexity index is 1230. The first-order chi connectivity index (χ1) is 14.9. The highest BCUT2D eigenvalue weighted by Crippen LogP contribution is 2.31. The number of carbonyl (C=O) groups excluding carboxylic acids is 1. The molecule has 1 aliphatic rings. The summed E-state index contributed by atoms with van der Waals surface area (Å²) in [6.07, 6.45) is -0.742. The predicted octanol–water partition coefficient (Wildman–Crippen LogP) is 2.11. The molecule has 10 heteroatoms. The van der Waals surface area contributed by atoms with E-state index in [4.69, 9.17) is 5.73 Å². The smallest absolute Gasteiger partial charge is 0.327 e. The van der Waals surface area contributed by atoms with E-state index in [9.17, 15) is 18.4 Å². The number of hydrogen-bond acceptors (Lipinski definition) is 5. The monoisotopic (exact) mass is 426 g/mol. The summed E-state index contributed by atoms with van der Waals surface area (Å²) < 4.78 is 27.5. The summed E-state index contributed by atoms with van der Waals surface area (Å²) in [7, 11) is 1.77. The van der Waals surface area contributed by atoms with Crippen LogP contribution in [0.1, 0.15) is 12.0 Å². The second-order valence-electron chi connectivity index (χ2n) is 7.24. The normalized spacial score (nSPS) is 13.3. The maximum absolute atomic E-state index is 12.8. The van der Waals surface area contributed by atoms with Gasteiger partial charge in [-0.2, -0.15) is 18.1 Å². The van der Waals surface area contributed by atoms with Gasteiger partial charge in [-0.05, 0) is 57.8 Å². The molecule has 160 valence electrons. The third kappa shape index (κ3) is 3.89. The molecule has 1 aromatic heterocycles. The van der Waals surface area contributed by atoms with Crippen molar-refractivity contribution in [2.45, 2.75) is 19.4 Å². The number of rotatable bonds is 5. The Morgan fingerprint density at radius 3 is 2.42 bits per heavy atom. The average Bonchev–Trinajstić information content (AvgIpc) is 3.14. The lowest BCUT2D eigenvalue weighted by molar-refractivity contribution is -0.118. The standard InChI is InChI=1S/C21H20F2N6O2/c1-27-18-8-4-14(10-15(18)5-9-19(27)30)13-2-6-17(7-3-13)29-21(31)28(25-26-29)12-16(11-24)20(22)23/h2-4,6-8,10H,5,9,11-12,24H2,1H3. The SMILES string of the molecule is CN1C(=O)CCc2cc(-c3ccc(-n4nnn(CC(CN)=C(F)F)c4=O)cc3)ccc21. The second kappa shape index (κ2) is 8.23. The van der Waals surface area contributed by atoms with Crippen molar-refractivity contribution in [2.75, 3.05) is 18.5 Å². The summed E-state index contributed by atoms with van der Waals surface area (Å²) in [5, 5.41) is 7.45. The summed E-state index contributed by atoms with van der Waals surface area (Å²) in [5.41, 5.74) is 8.67. The van der Waals surface area contributed by atoms with E-state index >= 15 is 0 Å². The van der Waals surface area contributed by atoms with Gasteiger partial charge in [-0.25, -0.2) is 4.79 Å². The zero-order valence-corrected chi connectivity index (χ0v) is 16.8. The number of benzene rings is 2. The van der Waals surface area contributed by atoms with Crippen molar-refractivity contribution in [1.82, 2.24) is 19.8 Å². The number of anilines is 1. The molecule has 1 aliphatic heterocycles. The molecule has 0 saturated carbocycles. The molecule has 8 nitrogen and oxygen atoms in total. The Morgan fingerprint density at radius 2 is 1.74 bits per heavy atom. The van der Waals surface area contributed by atoms with Crippen LogP contribution in [0.4, 0.5) is 14.5 Å². The third-order valence-electron chi connectivity index (χ3n) is 5.36. The summed E-state index contributed by atoms with van der Waals surface area (Å²) in [4.78, 5) is 26.0.